The van der Waals surface area contributed by atoms with Crippen LogP contribution in [0, 0.1) is 0 Å². The molecule has 0 spiro atoms. The summed E-state index contributed by atoms with van der Waals surface area (Å²) in [5.74, 6) is -1.46. The molecule has 11 heteroatoms. The molecule has 0 bridgehead atoms. The number of aryl methyl sites for hydroxylation is 1. The van der Waals surface area contributed by atoms with Crippen molar-refractivity contribution in [3.05, 3.63) is 48.0 Å². The van der Waals surface area contributed by atoms with Crippen molar-refractivity contribution in [2.24, 2.45) is 7.05 Å². The van der Waals surface area contributed by atoms with Crippen LogP contribution in [-0.2, 0) is 22.2 Å². The van der Waals surface area contributed by atoms with Gasteiger partial charge in [0.1, 0.15) is 5.75 Å². The molecule has 0 aliphatic carbocycles. The van der Waals surface area contributed by atoms with Crippen LogP contribution in [0.4, 0.5) is 13.2 Å². The Balaban J connectivity index is 1.74. The quantitative estimate of drug-likeness (QED) is 0.573. The van der Waals surface area contributed by atoms with Gasteiger partial charge in [-0.05, 0) is 25.3 Å². The number of aliphatic hydroxyl groups is 1. The maximum Gasteiger partial charge on any atom is 0.425 e. The van der Waals surface area contributed by atoms with E-state index in [0.717, 1.165) is 23.6 Å². The minimum atomic E-state index is -5.12. The lowest BCUT2D eigenvalue weighted by Crippen LogP contribution is -2.48. The Morgan fingerprint density at radius 3 is 2.50 bits per heavy atom. The zero-order valence-corrected chi connectivity index (χ0v) is 19.1. The number of amides is 2. The number of carbonyl (C=O) groups excluding carboxylic acids is 2. The fourth-order valence-corrected chi connectivity index (χ4v) is 4.04. The van der Waals surface area contributed by atoms with Gasteiger partial charge in [0.25, 0.3) is 5.91 Å². The van der Waals surface area contributed by atoms with E-state index in [4.69, 9.17) is 4.74 Å². The van der Waals surface area contributed by atoms with Crippen LogP contribution >= 0.6 is 0 Å². The summed E-state index contributed by atoms with van der Waals surface area (Å²) in [5.41, 5.74) is -2.92. The van der Waals surface area contributed by atoms with Crippen LogP contribution in [0.1, 0.15) is 50.0 Å². The summed E-state index contributed by atoms with van der Waals surface area (Å²) >= 11 is 0. The van der Waals surface area contributed by atoms with Gasteiger partial charge in [0, 0.05) is 38.1 Å². The normalized spacial score (nSPS) is 16.7. The van der Waals surface area contributed by atoms with Crippen LogP contribution < -0.4 is 10.1 Å². The average molecular weight is 483 g/mol. The highest BCUT2D eigenvalue weighted by atomic mass is 19.4. The molecule has 34 heavy (non-hydrogen) atoms. The highest BCUT2D eigenvalue weighted by molar-refractivity contribution is 5.78. The number of para-hydroxylation sites is 1. The first kappa shape index (κ1) is 25.5. The molecule has 2 unspecified atom stereocenters. The Labute approximate surface area is 195 Å². The van der Waals surface area contributed by atoms with Gasteiger partial charge in [0.15, 0.2) is 12.4 Å². The lowest BCUT2D eigenvalue weighted by Gasteiger charge is -2.30. The highest BCUT2D eigenvalue weighted by Gasteiger charge is 2.58. The standard InChI is InChI=1S/C23H29F3N4O4/c1-3-17(16-8-4-5-9-18(16)34-15-20(32)30-11-6-7-12-30)28-19(31)14-22(33,23(24,25)26)21-27-10-13-29(21)2/h4-5,8-10,13,17,33H,3,6-7,11-12,14-15H2,1-2H3,(H,28,31). The molecule has 2 amide bonds. The number of ether oxygens (including phenoxy) is 1. The van der Waals surface area contributed by atoms with Gasteiger partial charge >= 0.3 is 6.18 Å². The van der Waals surface area contributed by atoms with Crippen molar-refractivity contribution in [3.8, 4) is 5.75 Å². The summed E-state index contributed by atoms with van der Waals surface area (Å²) in [6, 6.07) is 6.04. The van der Waals surface area contributed by atoms with Crippen LogP contribution in [-0.4, -0.2) is 57.2 Å². The third-order valence-electron chi connectivity index (χ3n) is 5.92. The zero-order valence-electron chi connectivity index (χ0n) is 19.1. The van der Waals surface area contributed by atoms with E-state index in [0.29, 0.717) is 30.8 Å². The number of imidazole rings is 1. The first-order valence-corrected chi connectivity index (χ1v) is 11.1. The van der Waals surface area contributed by atoms with Gasteiger partial charge in [-0.3, -0.25) is 9.59 Å². The van der Waals surface area contributed by atoms with Crippen molar-refractivity contribution >= 4 is 11.8 Å². The number of rotatable bonds is 9. The summed E-state index contributed by atoms with van der Waals surface area (Å²) in [6.07, 6.45) is -1.75. The second kappa shape index (κ2) is 10.5. The molecule has 2 N–H and O–H groups in total. The maximum absolute atomic E-state index is 13.8. The van der Waals surface area contributed by atoms with E-state index in [2.05, 4.69) is 10.3 Å². The summed E-state index contributed by atoms with van der Waals surface area (Å²) in [6.45, 7) is 2.96. The molecule has 1 aromatic carbocycles. The molecule has 1 aliphatic heterocycles. The van der Waals surface area contributed by atoms with E-state index in [-0.39, 0.29) is 12.5 Å². The number of nitrogens with one attached hydrogen (secondary N) is 1. The Kier molecular flexibility index (Phi) is 7.86. The van der Waals surface area contributed by atoms with Gasteiger partial charge < -0.3 is 24.6 Å². The number of nitrogens with zero attached hydrogens (tertiary/aromatic N) is 3. The molecule has 2 aromatic rings. The zero-order chi connectivity index (χ0) is 24.9. The number of halogens is 3. The third-order valence-corrected chi connectivity index (χ3v) is 5.92. The molecule has 1 aliphatic rings. The second-order valence-corrected chi connectivity index (χ2v) is 8.34. The van der Waals surface area contributed by atoms with E-state index in [9.17, 15) is 27.9 Å². The number of hydrogen-bond donors (Lipinski definition) is 2. The van der Waals surface area contributed by atoms with E-state index < -0.39 is 36.0 Å². The Hall–Kier alpha value is -3.08. The Morgan fingerprint density at radius 1 is 1.24 bits per heavy atom. The first-order valence-electron chi connectivity index (χ1n) is 11.1. The summed E-state index contributed by atoms with van der Waals surface area (Å²) in [4.78, 5) is 30.4. The van der Waals surface area contributed by atoms with Crippen LogP contribution in [0.25, 0.3) is 0 Å². The maximum atomic E-state index is 13.8. The van der Waals surface area contributed by atoms with Crippen molar-refractivity contribution in [3.63, 3.8) is 0 Å². The van der Waals surface area contributed by atoms with Gasteiger partial charge in [-0.2, -0.15) is 13.2 Å². The molecule has 186 valence electrons. The fraction of sp³-hybridized carbons (Fsp3) is 0.522. The summed E-state index contributed by atoms with van der Waals surface area (Å²) < 4.78 is 48.1. The molecule has 8 nitrogen and oxygen atoms in total. The summed E-state index contributed by atoms with van der Waals surface area (Å²) in [5, 5.41) is 13.0. The van der Waals surface area contributed by atoms with Gasteiger partial charge in [-0.1, -0.05) is 25.1 Å². The molecule has 1 aromatic heterocycles. The molecular formula is C23H29F3N4O4. The molecule has 0 radical (unpaired) electrons. The molecular weight excluding hydrogens is 453 g/mol. The SMILES string of the molecule is CCC(NC(=O)CC(O)(c1nccn1C)C(F)(F)F)c1ccccc1OCC(=O)N1CCCC1. The van der Waals surface area contributed by atoms with Crippen LogP contribution in [0.5, 0.6) is 5.75 Å². The topological polar surface area (TPSA) is 96.7 Å². The largest absolute Gasteiger partial charge is 0.483 e. The van der Waals surface area contributed by atoms with Gasteiger partial charge in [-0.15, -0.1) is 0 Å². The van der Waals surface area contributed by atoms with Gasteiger partial charge in [0.05, 0.1) is 12.5 Å². The molecule has 0 saturated carbocycles. The van der Waals surface area contributed by atoms with Crippen LogP contribution in [0.3, 0.4) is 0 Å². The lowest BCUT2D eigenvalue weighted by molar-refractivity contribution is -0.271. The number of benzene rings is 1. The predicted molar refractivity (Wildman–Crippen MR) is 117 cm³/mol. The van der Waals surface area contributed by atoms with E-state index in [1.165, 1.54) is 13.2 Å². The number of carbonyl (C=O) groups is 2. The number of hydrogen-bond acceptors (Lipinski definition) is 5. The van der Waals surface area contributed by atoms with Crippen LogP contribution in [0.2, 0.25) is 0 Å². The average Bonchev–Trinajstić information content (AvgIpc) is 3.47. The van der Waals surface area contributed by atoms with E-state index in [1.807, 2.05) is 0 Å². The number of aromatic nitrogens is 2. The highest BCUT2D eigenvalue weighted by Crippen LogP contribution is 2.41. The van der Waals surface area contributed by atoms with Crippen molar-refractivity contribution in [1.29, 1.82) is 0 Å². The minimum absolute atomic E-state index is 0.144. The van der Waals surface area contributed by atoms with Crippen molar-refractivity contribution in [2.75, 3.05) is 19.7 Å². The predicted octanol–water partition coefficient (Wildman–Crippen LogP) is 2.83. The second-order valence-electron chi connectivity index (χ2n) is 8.34. The molecule has 2 heterocycles. The van der Waals surface area contributed by atoms with E-state index >= 15 is 0 Å². The van der Waals surface area contributed by atoms with Crippen molar-refractivity contribution < 1.29 is 32.6 Å². The van der Waals surface area contributed by atoms with Gasteiger partial charge in [-0.25, -0.2) is 4.98 Å². The van der Waals surface area contributed by atoms with Gasteiger partial charge in [0.2, 0.25) is 11.5 Å². The molecule has 1 fully saturated rings. The monoisotopic (exact) mass is 482 g/mol. The lowest BCUT2D eigenvalue weighted by atomic mass is 9.96. The Morgan fingerprint density at radius 2 is 1.91 bits per heavy atom. The third kappa shape index (κ3) is 5.52. The fourth-order valence-electron chi connectivity index (χ4n) is 4.04. The Bertz CT molecular complexity index is 1000. The van der Waals surface area contributed by atoms with Crippen molar-refractivity contribution in [2.45, 2.75) is 50.4 Å². The summed E-state index contributed by atoms with van der Waals surface area (Å²) in [7, 11) is 1.31. The molecule has 1 saturated heterocycles. The first-order chi connectivity index (χ1) is 16.1. The smallest absolute Gasteiger partial charge is 0.425 e. The van der Waals surface area contributed by atoms with E-state index in [1.54, 1.807) is 36.1 Å². The van der Waals surface area contributed by atoms with Crippen molar-refractivity contribution in [1.82, 2.24) is 19.8 Å². The van der Waals surface area contributed by atoms with Crippen LogP contribution in [0.15, 0.2) is 36.7 Å². The molecule has 2 atom stereocenters. The number of likely N-dealkylation sites (tertiary alicyclic amines) is 1. The minimum Gasteiger partial charge on any atom is -0.483 e. The molecule has 3 rings (SSSR count). The number of alkyl halides is 3.